The summed E-state index contributed by atoms with van der Waals surface area (Å²) in [4.78, 5) is -2.40. The Hall–Kier alpha value is -7.70. The van der Waals surface area contributed by atoms with E-state index < -0.39 is 71.4 Å². The summed E-state index contributed by atoms with van der Waals surface area (Å²) in [6.45, 7) is 0. The maximum Gasteiger partial charge on any atom is 0.295 e. The van der Waals surface area contributed by atoms with Gasteiger partial charge in [0, 0.05) is 46.6 Å². The molecule has 0 amide bonds. The van der Waals surface area contributed by atoms with Crippen molar-refractivity contribution in [3.8, 4) is 11.5 Å². The summed E-state index contributed by atoms with van der Waals surface area (Å²) in [5.74, 6) is -0.00177. The molecule has 6 aromatic carbocycles. The Labute approximate surface area is 386 Å². The van der Waals surface area contributed by atoms with Crippen LogP contribution in [0.15, 0.2) is 172 Å². The quantitative estimate of drug-likeness (QED) is 0.0230. The predicted octanol–water partition coefficient (Wildman–Crippen LogP) is 9.54. The molecule has 24 nitrogen and oxygen atoms in total. The molecule has 68 heavy (non-hydrogen) atoms. The van der Waals surface area contributed by atoms with Crippen LogP contribution in [0.1, 0.15) is 11.1 Å². The van der Waals surface area contributed by atoms with Crippen LogP contribution in [0, 0.1) is 10.4 Å². The van der Waals surface area contributed by atoms with E-state index in [9.17, 15) is 62.3 Å². The highest BCUT2D eigenvalue weighted by molar-refractivity contribution is 7.86. The fraction of sp³-hybridized carbons (Fsp3) is 0.0500. The lowest BCUT2D eigenvalue weighted by molar-refractivity contribution is -0.435. The number of hydrogen-bond acceptors (Lipinski definition) is 18. The van der Waals surface area contributed by atoms with Crippen LogP contribution in [0.4, 0.5) is 45.5 Å². The van der Waals surface area contributed by atoms with Gasteiger partial charge in [0.25, 0.3) is 40.5 Å². The third-order valence-corrected chi connectivity index (χ3v) is 12.5. The second-order valence-electron chi connectivity index (χ2n) is 13.5. The van der Waals surface area contributed by atoms with E-state index in [-0.39, 0.29) is 66.5 Å². The first kappa shape index (κ1) is 49.7. The minimum Gasteiger partial charge on any atom is -0.594 e. The van der Waals surface area contributed by atoms with Gasteiger partial charge in [0.05, 0.1) is 46.8 Å². The zero-order valence-corrected chi connectivity index (χ0v) is 37.9. The smallest absolute Gasteiger partial charge is 0.295 e. The lowest BCUT2D eigenvalue weighted by Crippen LogP contribution is -2.03. The minimum absolute atomic E-state index is 0.000886. The maximum atomic E-state index is 13.2. The molecular weight excluding hydrogens is 977 g/mol. The van der Waals surface area contributed by atoms with Crippen LogP contribution < -0.4 is 9.47 Å². The molecule has 352 valence electrons. The number of rotatable bonds is 16. The summed E-state index contributed by atoms with van der Waals surface area (Å²) in [6.07, 6.45) is 2.10. The molecule has 0 spiro atoms. The van der Waals surface area contributed by atoms with Gasteiger partial charge in [-0.1, -0.05) is 24.3 Å². The van der Waals surface area contributed by atoms with E-state index in [2.05, 4.69) is 30.7 Å². The minimum atomic E-state index is -5.07. The summed E-state index contributed by atoms with van der Waals surface area (Å²) in [7, 11) is -16.6. The molecule has 0 fully saturated rings. The predicted molar refractivity (Wildman–Crippen MR) is 239 cm³/mol. The van der Waals surface area contributed by atoms with Crippen LogP contribution in [0.2, 0.25) is 0 Å². The lowest BCUT2D eigenvalue weighted by atomic mass is 10.1. The lowest BCUT2D eigenvalue weighted by Gasteiger charge is -2.08. The van der Waals surface area contributed by atoms with Gasteiger partial charge < -0.3 is 19.9 Å². The SMILES string of the molecule is COc1cc(N=Nc2cccc(S(=O)(=O)O)c2)ccc1N=[N+]([O-])c1ccc(C=Cc2ccc([N+]([O-])=Nc3ccc(N=Nc4cccc(S(=O)(=O)O)c4)cc3OC)cc2S(=O)(=O)O)c(S(=O)(=O)O)c1. The van der Waals surface area contributed by atoms with Crippen molar-refractivity contribution in [1.29, 1.82) is 0 Å². The average molecular weight is 1010 g/mol. The van der Waals surface area contributed by atoms with Gasteiger partial charge in [-0.3, -0.25) is 18.2 Å². The molecule has 0 heterocycles. The summed E-state index contributed by atoms with van der Waals surface area (Å²) in [5.41, 5.74) is -0.946. The third-order valence-electron chi connectivity index (χ3n) is 8.95. The van der Waals surface area contributed by atoms with Gasteiger partial charge in [0.15, 0.2) is 22.9 Å². The number of methoxy groups -OCH3 is 2. The fourth-order valence-corrected chi connectivity index (χ4v) is 8.21. The molecule has 0 aliphatic heterocycles. The van der Waals surface area contributed by atoms with Crippen LogP contribution in [-0.2, 0) is 40.5 Å². The largest absolute Gasteiger partial charge is 0.594 e. The molecule has 0 radical (unpaired) electrons. The first-order chi connectivity index (χ1) is 31.9. The van der Waals surface area contributed by atoms with Crippen LogP contribution in [0.3, 0.4) is 0 Å². The molecule has 0 bridgehead atoms. The Kier molecular flexibility index (Phi) is 14.7. The van der Waals surface area contributed by atoms with Crippen molar-refractivity contribution < 1.29 is 71.1 Å². The summed E-state index contributed by atoms with van der Waals surface area (Å²) < 4.78 is 145. The van der Waals surface area contributed by atoms with E-state index in [0.29, 0.717) is 0 Å². The van der Waals surface area contributed by atoms with Crippen LogP contribution >= 0.6 is 0 Å². The first-order valence-electron chi connectivity index (χ1n) is 18.6. The summed E-state index contributed by atoms with van der Waals surface area (Å²) >= 11 is 0. The van der Waals surface area contributed by atoms with Crippen molar-refractivity contribution in [1.82, 2.24) is 0 Å². The zero-order valence-electron chi connectivity index (χ0n) is 34.6. The molecule has 0 aliphatic rings. The van der Waals surface area contributed by atoms with E-state index in [4.69, 9.17) is 9.47 Å². The topological polar surface area (TPSA) is 362 Å². The summed E-state index contributed by atoms with van der Waals surface area (Å²) in [6, 6.07) is 24.0. The summed E-state index contributed by atoms with van der Waals surface area (Å²) in [5, 5.41) is 50.0. The fourth-order valence-electron chi connectivity index (χ4n) is 5.76. The van der Waals surface area contributed by atoms with E-state index in [1.54, 1.807) is 0 Å². The molecule has 0 saturated carbocycles. The van der Waals surface area contributed by atoms with Gasteiger partial charge in [-0.25, -0.2) is 0 Å². The van der Waals surface area contributed by atoms with Crippen LogP contribution in [-0.4, -0.2) is 75.8 Å². The van der Waals surface area contributed by atoms with E-state index in [1.165, 1.54) is 74.9 Å². The molecule has 28 heteroatoms. The number of ether oxygens (including phenoxy) is 2. The van der Waals surface area contributed by atoms with Gasteiger partial charge in [-0.2, -0.15) is 54.1 Å². The Morgan fingerprint density at radius 1 is 0.456 bits per heavy atom. The van der Waals surface area contributed by atoms with Crippen molar-refractivity contribution in [2.75, 3.05) is 14.2 Å². The molecule has 0 aliphatic carbocycles. The van der Waals surface area contributed by atoms with Gasteiger partial charge in [-0.15, -0.1) is 0 Å². The molecule has 0 saturated heterocycles. The van der Waals surface area contributed by atoms with Crippen LogP contribution in [0.5, 0.6) is 11.5 Å². The second-order valence-corrected chi connectivity index (χ2v) is 19.2. The highest BCUT2D eigenvalue weighted by Crippen LogP contribution is 2.36. The Morgan fingerprint density at radius 2 is 0.809 bits per heavy atom. The number of hydrogen-bond donors (Lipinski definition) is 4. The second kappa shape index (κ2) is 20.0. The normalized spacial score (nSPS) is 13.1. The standard InChI is InChI=1S/C40H32N8O16S4/c1-63-37-21-29(43-41-27-5-3-7-33(19-27)65(51,52)53)13-17-35(37)45-47(49)31-15-11-25(39(23-31)67(57,58)59)9-10-26-12-16-32(24-40(26)68(60,61)62)48(50)46-36-18-14-30(22-38(36)64-2)44-42-28-6-4-8-34(20-28)66(54,55)56/h3-24H,1-2H3,(H,51,52,53)(H,54,55,56)(H,57,58,59)(H,60,61,62). The van der Waals surface area contributed by atoms with E-state index >= 15 is 0 Å². The Bertz CT molecular complexity index is 3350. The van der Waals surface area contributed by atoms with Crippen LogP contribution in [0.25, 0.3) is 12.2 Å². The average Bonchev–Trinajstić information content (AvgIpc) is 3.29. The van der Waals surface area contributed by atoms with Gasteiger partial charge in [-0.05, 0) is 93.6 Å². The number of benzene rings is 6. The van der Waals surface area contributed by atoms with Gasteiger partial charge >= 0.3 is 0 Å². The van der Waals surface area contributed by atoms with Crippen molar-refractivity contribution in [2.45, 2.75) is 19.6 Å². The number of nitrogens with zero attached hydrogens (tertiary/aromatic N) is 8. The molecule has 0 atom stereocenters. The Morgan fingerprint density at radius 3 is 1.13 bits per heavy atom. The molecular formula is C40H32N8O16S4. The number of azo groups is 4. The van der Waals surface area contributed by atoms with Crippen molar-refractivity contribution >= 4 is 98.1 Å². The Balaban J connectivity index is 1.24. The van der Waals surface area contributed by atoms with Gasteiger partial charge in [0.2, 0.25) is 11.4 Å². The van der Waals surface area contributed by atoms with E-state index in [1.807, 2.05) is 0 Å². The highest BCUT2D eigenvalue weighted by Gasteiger charge is 2.22. The van der Waals surface area contributed by atoms with Crippen molar-refractivity contribution in [2.24, 2.45) is 30.7 Å². The molecule has 4 N–H and O–H groups in total. The highest BCUT2D eigenvalue weighted by atomic mass is 32.2. The van der Waals surface area contributed by atoms with Crippen molar-refractivity contribution in [3.05, 3.63) is 143 Å². The zero-order chi connectivity index (χ0) is 49.6. The molecule has 6 aromatic rings. The van der Waals surface area contributed by atoms with Gasteiger partial charge in [0.1, 0.15) is 9.79 Å². The molecule has 0 aromatic heterocycles. The third kappa shape index (κ3) is 12.6. The maximum absolute atomic E-state index is 13.2. The van der Waals surface area contributed by atoms with E-state index in [0.717, 1.165) is 72.8 Å². The first-order valence-corrected chi connectivity index (χ1v) is 24.3. The molecule has 6 rings (SSSR count). The monoisotopic (exact) mass is 1010 g/mol. The molecule has 0 unspecified atom stereocenters. The van der Waals surface area contributed by atoms with Crippen molar-refractivity contribution in [3.63, 3.8) is 0 Å².